The Morgan fingerprint density at radius 2 is 1.88 bits per heavy atom. The van der Waals surface area contributed by atoms with Gasteiger partial charge in [-0.2, -0.15) is 0 Å². The Bertz CT molecular complexity index is 361. The summed E-state index contributed by atoms with van der Waals surface area (Å²) in [5.41, 5.74) is 8.09. The molecule has 0 aliphatic carbocycles. The fourth-order valence-electron chi connectivity index (χ4n) is 1.89. The molecule has 0 spiro atoms. The SMILES string of the molecule is CC(C)CN(c1ccc(CN)c(Br)c1)C(C)C. The lowest BCUT2D eigenvalue weighted by molar-refractivity contribution is 0.571. The lowest BCUT2D eigenvalue weighted by Crippen LogP contribution is -2.34. The fraction of sp³-hybridized carbons (Fsp3) is 0.571. The molecule has 0 amide bonds. The first-order valence-electron chi connectivity index (χ1n) is 6.20. The summed E-state index contributed by atoms with van der Waals surface area (Å²) in [4.78, 5) is 2.43. The van der Waals surface area contributed by atoms with Gasteiger partial charge in [-0.3, -0.25) is 0 Å². The molecule has 1 aromatic rings. The van der Waals surface area contributed by atoms with Gasteiger partial charge in [0, 0.05) is 29.3 Å². The summed E-state index contributed by atoms with van der Waals surface area (Å²) >= 11 is 3.58. The molecule has 0 aromatic heterocycles. The Balaban J connectivity index is 2.98. The molecule has 2 nitrogen and oxygen atoms in total. The molecule has 0 aliphatic rings. The van der Waals surface area contributed by atoms with Crippen LogP contribution in [-0.2, 0) is 6.54 Å². The molecule has 0 heterocycles. The molecule has 0 fully saturated rings. The van der Waals surface area contributed by atoms with Crippen LogP contribution >= 0.6 is 15.9 Å². The lowest BCUT2D eigenvalue weighted by atomic mass is 10.1. The number of nitrogens with zero attached hydrogens (tertiary/aromatic N) is 1. The average molecular weight is 299 g/mol. The molecule has 0 atom stereocenters. The Hall–Kier alpha value is -0.540. The first-order chi connectivity index (χ1) is 7.95. The van der Waals surface area contributed by atoms with Gasteiger partial charge >= 0.3 is 0 Å². The minimum absolute atomic E-state index is 0.507. The maximum Gasteiger partial charge on any atom is 0.0380 e. The molecule has 0 bridgehead atoms. The van der Waals surface area contributed by atoms with E-state index in [9.17, 15) is 0 Å². The Kier molecular flexibility index (Phi) is 5.47. The van der Waals surface area contributed by atoms with E-state index in [0.29, 0.717) is 18.5 Å². The molecular formula is C14H23BrN2. The van der Waals surface area contributed by atoms with E-state index in [-0.39, 0.29) is 0 Å². The average Bonchev–Trinajstić information content (AvgIpc) is 2.25. The smallest absolute Gasteiger partial charge is 0.0380 e. The third-order valence-corrected chi connectivity index (χ3v) is 3.51. The number of halogens is 1. The standard InChI is InChI=1S/C14H23BrN2/c1-10(2)9-17(11(3)4)13-6-5-12(8-16)14(15)7-13/h5-7,10-11H,8-9,16H2,1-4H3. The van der Waals surface area contributed by atoms with Crippen LogP contribution in [0.3, 0.4) is 0 Å². The highest BCUT2D eigenvalue weighted by Crippen LogP contribution is 2.26. The second-order valence-corrected chi connectivity index (χ2v) is 5.97. The molecule has 0 radical (unpaired) electrons. The first-order valence-corrected chi connectivity index (χ1v) is 7.00. The van der Waals surface area contributed by atoms with Crippen LogP contribution in [0.25, 0.3) is 0 Å². The van der Waals surface area contributed by atoms with Crippen molar-refractivity contribution in [1.29, 1.82) is 0 Å². The van der Waals surface area contributed by atoms with Crippen molar-refractivity contribution >= 4 is 21.6 Å². The second-order valence-electron chi connectivity index (χ2n) is 5.12. The summed E-state index contributed by atoms with van der Waals surface area (Å²) in [6, 6.07) is 6.95. The molecule has 0 saturated heterocycles. The molecule has 0 aliphatic heterocycles. The van der Waals surface area contributed by atoms with E-state index in [2.05, 4.69) is 66.7 Å². The van der Waals surface area contributed by atoms with Gasteiger partial charge in [-0.1, -0.05) is 35.8 Å². The maximum atomic E-state index is 5.67. The number of hydrogen-bond donors (Lipinski definition) is 1. The van der Waals surface area contributed by atoms with Crippen LogP contribution in [-0.4, -0.2) is 12.6 Å². The molecule has 3 heteroatoms. The predicted octanol–water partition coefficient (Wildman–Crippen LogP) is 3.78. The molecule has 1 aromatic carbocycles. The van der Waals surface area contributed by atoms with Crippen molar-refractivity contribution in [2.45, 2.75) is 40.3 Å². The minimum Gasteiger partial charge on any atom is -0.369 e. The highest BCUT2D eigenvalue weighted by molar-refractivity contribution is 9.10. The molecule has 2 N–H and O–H groups in total. The fourth-order valence-corrected chi connectivity index (χ4v) is 2.42. The molecule has 0 unspecified atom stereocenters. The van der Waals surface area contributed by atoms with Gasteiger partial charge in [-0.15, -0.1) is 0 Å². The van der Waals surface area contributed by atoms with Crippen LogP contribution in [0.15, 0.2) is 22.7 Å². The minimum atomic E-state index is 0.507. The van der Waals surface area contributed by atoms with Crippen molar-refractivity contribution in [3.63, 3.8) is 0 Å². The maximum absolute atomic E-state index is 5.67. The first kappa shape index (κ1) is 14.5. The molecular weight excluding hydrogens is 276 g/mol. The van der Waals surface area contributed by atoms with Crippen LogP contribution in [0, 0.1) is 5.92 Å². The third-order valence-electron chi connectivity index (χ3n) is 2.77. The summed E-state index contributed by atoms with van der Waals surface area (Å²) in [5, 5.41) is 0. The molecule has 1 rings (SSSR count). The summed E-state index contributed by atoms with van der Waals surface area (Å²) in [5.74, 6) is 0.658. The van der Waals surface area contributed by atoms with Crippen LogP contribution in [0.5, 0.6) is 0 Å². The summed E-state index contributed by atoms with van der Waals surface area (Å²) in [6.07, 6.45) is 0. The van der Waals surface area contributed by atoms with Gasteiger partial charge in [0.2, 0.25) is 0 Å². The summed E-state index contributed by atoms with van der Waals surface area (Å²) < 4.78 is 1.10. The van der Waals surface area contributed by atoms with Gasteiger partial charge in [-0.25, -0.2) is 0 Å². The molecule has 17 heavy (non-hydrogen) atoms. The highest BCUT2D eigenvalue weighted by atomic mass is 79.9. The Morgan fingerprint density at radius 3 is 2.29 bits per heavy atom. The zero-order valence-electron chi connectivity index (χ0n) is 11.2. The third kappa shape index (κ3) is 4.00. The monoisotopic (exact) mass is 298 g/mol. The van der Waals surface area contributed by atoms with Crippen LogP contribution in [0.2, 0.25) is 0 Å². The quantitative estimate of drug-likeness (QED) is 0.896. The van der Waals surface area contributed by atoms with E-state index < -0.39 is 0 Å². The number of anilines is 1. The summed E-state index contributed by atoms with van der Waals surface area (Å²) in [7, 11) is 0. The van der Waals surface area contributed by atoms with Gasteiger partial charge in [0.15, 0.2) is 0 Å². The van der Waals surface area contributed by atoms with Crippen LogP contribution in [0.4, 0.5) is 5.69 Å². The molecule has 96 valence electrons. The largest absolute Gasteiger partial charge is 0.369 e. The van der Waals surface area contributed by atoms with Gasteiger partial charge in [0.1, 0.15) is 0 Å². The van der Waals surface area contributed by atoms with E-state index in [4.69, 9.17) is 5.73 Å². The number of rotatable bonds is 5. The van der Waals surface area contributed by atoms with E-state index in [1.165, 1.54) is 5.69 Å². The summed E-state index contributed by atoms with van der Waals surface area (Å²) in [6.45, 7) is 10.6. The molecule has 0 saturated carbocycles. The van der Waals surface area contributed by atoms with Crippen molar-refractivity contribution in [3.8, 4) is 0 Å². The van der Waals surface area contributed by atoms with Crippen LogP contribution < -0.4 is 10.6 Å². The van der Waals surface area contributed by atoms with E-state index in [1.54, 1.807) is 0 Å². The number of hydrogen-bond acceptors (Lipinski definition) is 2. The van der Waals surface area contributed by atoms with Crippen molar-refractivity contribution < 1.29 is 0 Å². The predicted molar refractivity (Wildman–Crippen MR) is 79.4 cm³/mol. The zero-order valence-corrected chi connectivity index (χ0v) is 12.8. The van der Waals surface area contributed by atoms with Crippen molar-refractivity contribution in [2.75, 3.05) is 11.4 Å². The van der Waals surface area contributed by atoms with Gasteiger partial charge < -0.3 is 10.6 Å². The normalized spacial score (nSPS) is 11.3. The Morgan fingerprint density at radius 1 is 1.24 bits per heavy atom. The lowest BCUT2D eigenvalue weighted by Gasteiger charge is -2.31. The Labute approximate surface area is 113 Å². The number of nitrogens with two attached hydrogens (primary N) is 1. The van der Waals surface area contributed by atoms with E-state index >= 15 is 0 Å². The van der Waals surface area contributed by atoms with Crippen molar-refractivity contribution in [2.24, 2.45) is 11.7 Å². The zero-order chi connectivity index (χ0) is 13.0. The van der Waals surface area contributed by atoms with Crippen molar-refractivity contribution in [3.05, 3.63) is 28.2 Å². The highest BCUT2D eigenvalue weighted by Gasteiger charge is 2.13. The second kappa shape index (κ2) is 6.41. The van der Waals surface area contributed by atoms with Gasteiger partial charge in [0.25, 0.3) is 0 Å². The van der Waals surface area contributed by atoms with E-state index in [1.807, 2.05) is 0 Å². The topological polar surface area (TPSA) is 29.3 Å². The van der Waals surface area contributed by atoms with Gasteiger partial charge in [0.05, 0.1) is 0 Å². The van der Waals surface area contributed by atoms with E-state index in [0.717, 1.165) is 16.6 Å². The van der Waals surface area contributed by atoms with Crippen LogP contribution in [0.1, 0.15) is 33.3 Å². The van der Waals surface area contributed by atoms with Crippen molar-refractivity contribution in [1.82, 2.24) is 0 Å². The number of benzene rings is 1. The van der Waals surface area contributed by atoms with Gasteiger partial charge in [-0.05, 0) is 37.5 Å².